The topological polar surface area (TPSA) is 20.2 Å². The summed E-state index contributed by atoms with van der Waals surface area (Å²) in [6.45, 7) is 9.56. The summed E-state index contributed by atoms with van der Waals surface area (Å²) < 4.78 is 0. The van der Waals surface area contributed by atoms with Gasteiger partial charge in [-0.15, -0.1) is 0 Å². The number of aliphatic hydroxyl groups excluding tert-OH is 1. The molecule has 0 bridgehead atoms. The Balaban J connectivity index is 2.69. The van der Waals surface area contributed by atoms with Gasteiger partial charge in [-0.3, -0.25) is 0 Å². The van der Waals surface area contributed by atoms with Crippen molar-refractivity contribution in [1.29, 1.82) is 0 Å². The van der Waals surface area contributed by atoms with Gasteiger partial charge in [0.15, 0.2) is 0 Å². The first-order valence-corrected chi connectivity index (χ1v) is 4.60. The molecule has 0 heterocycles. The molecule has 0 amide bonds. The Kier molecular flexibility index (Phi) is 2.29. The van der Waals surface area contributed by atoms with Gasteiger partial charge in [0, 0.05) is 6.61 Å². The maximum absolute atomic E-state index is 9.09. The van der Waals surface area contributed by atoms with Gasteiger partial charge in [0.1, 0.15) is 0 Å². The van der Waals surface area contributed by atoms with Crippen LogP contribution in [0.3, 0.4) is 0 Å². The van der Waals surface area contributed by atoms with Crippen molar-refractivity contribution in [3.05, 3.63) is 0 Å². The van der Waals surface area contributed by atoms with E-state index in [1.807, 2.05) is 0 Å². The average molecular weight is 156 g/mol. The maximum Gasteiger partial charge on any atom is 0.0462 e. The minimum atomic E-state index is 0.370. The quantitative estimate of drug-likeness (QED) is 0.617. The highest BCUT2D eigenvalue weighted by Gasteiger charge is 2.42. The van der Waals surface area contributed by atoms with Crippen molar-refractivity contribution in [3.8, 4) is 0 Å². The molecule has 0 radical (unpaired) electrons. The van der Waals surface area contributed by atoms with Gasteiger partial charge in [0.25, 0.3) is 0 Å². The van der Waals surface area contributed by atoms with Crippen molar-refractivity contribution in [2.45, 2.75) is 34.1 Å². The lowest BCUT2D eigenvalue weighted by Gasteiger charge is -2.25. The van der Waals surface area contributed by atoms with Crippen molar-refractivity contribution < 1.29 is 5.11 Å². The summed E-state index contributed by atoms with van der Waals surface area (Å²) in [6, 6.07) is 0. The Morgan fingerprint density at radius 3 is 2.09 bits per heavy atom. The first kappa shape index (κ1) is 9.05. The van der Waals surface area contributed by atoms with Crippen molar-refractivity contribution >= 4 is 0 Å². The minimum Gasteiger partial charge on any atom is -0.396 e. The molecule has 0 spiro atoms. The van der Waals surface area contributed by atoms with E-state index in [-0.39, 0.29) is 0 Å². The van der Waals surface area contributed by atoms with Gasteiger partial charge in [-0.05, 0) is 29.6 Å². The maximum atomic E-state index is 9.09. The van der Waals surface area contributed by atoms with E-state index in [9.17, 15) is 0 Å². The molecule has 1 saturated carbocycles. The second-order valence-corrected chi connectivity index (χ2v) is 4.78. The van der Waals surface area contributed by atoms with Gasteiger partial charge in [-0.2, -0.15) is 0 Å². The van der Waals surface area contributed by atoms with Crippen LogP contribution in [0.25, 0.3) is 0 Å². The normalized spacial score (nSPS) is 42.8. The van der Waals surface area contributed by atoms with E-state index in [2.05, 4.69) is 27.7 Å². The first-order valence-electron chi connectivity index (χ1n) is 4.60. The Morgan fingerprint density at radius 1 is 1.36 bits per heavy atom. The second kappa shape index (κ2) is 2.78. The fraction of sp³-hybridized carbons (Fsp3) is 1.00. The molecule has 0 aliphatic heterocycles. The van der Waals surface area contributed by atoms with E-state index < -0.39 is 0 Å². The lowest BCUT2D eigenvalue weighted by atomic mass is 9.81. The molecule has 1 nitrogen and oxygen atoms in total. The zero-order valence-electron chi connectivity index (χ0n) is 8.09. The number of rotatable bonds is 1. The van der Waals surface area contributed by atoms with Crippen LogP contribution in [0.15, 0.2) is 0 Å². The van der Waals surface area contributed by atoms with Crippen LogP contribution in [0.4, 0.5) is 0 Å². The smallest absolute Gasteiger partial charge is 0.0462 e. The molecule has 3 atom stereocenters. The minimum absolute atomic E-state index is 0.370. The van der Waals surface area contributed by atoms with Crippen LogP contribution in [0, 0.1) is 23.2 Å². The highest BCUT2D eigenvalue weighted by Crippen LogP contribution is 2.49. The van der Waals surface area contributed by atoms with E-state index in [0.717, 1.165) is 5.92 Å². The second-order valence-electron chi connectivity index (χ2n) is 4.78. The zero-order chi connectivity index (χ0) is 8.65. The van der Waals surface area contributed by atoms with Gasteiger partial charge in [-0.25, -0.2) is 0 Å². The molecule has 1 rings (SSSR count). The predicted molar refractivity (Wildman–Crippen MR) is 47.3 cm³/mol. The summed E-state index contributed by atoms with van der Waals surface area (Å²) >= 11 is 0. The first-order chi connectivity index (χ1) is 4.99. The predicted octanol–water partition coefficient (Wildman–Crippen LogP) is 2.30. The van der Waals surface area contributed by atoms with Gasteiger partial charge in [0.2, 0.25) is 0 Å². The third-order valence-electron chi connectivity index (χ3n) is 3.79. The summed E-state index contributed by atoms with van der Waals surface area (Å²) in [7, 11) is 0. The third-order valence-corrected chi connectivity index (χ3v) is 3.79. The Morgan fingerprint density at radius 2 is 1.91 bits per heavy atom. The Labute approximate surface area is 69.8 Å². The van der Waals surface area contributed by atoms with Crippen LogP contribution < -0.4 is 0 Å². The van der Waals surface area contributed by atoms with Crippen molar-refractivity contribution in [3.63, 3.8) is 0 Å². The molecule has 66 valence electrons. The molecular formula is C10H20O. The lowest BCUT2D eigenvalue weighted by Crippen LogP contribution is -2.17. The Bertz CT molecular complexity index is 140. The summed E-state index contributed by atoms with van der Waals surface area (Å²) in [5.41, 5.74) is 0.437. The van der Waals surface area contributed by atoms with E-state index >= 15 is 0 Å². The van der Waals surface area contributed by atoms with Crippen LogP contribution in [-0.4, -0.2) is 11.7 Å². The van der Waals surface area contributed by atoms with Crippen LogP contribution >= 0.6 is 0 Å². The van der Waals surface area contributed by atoms with E-state index in [1.165, 1.54) is 6.42 Å². The highest BCUT2D eigenvalue weighted by molar-refractivity contribution is 4.91. The van der Waals surface area contributed by atoms with Crippen LogP contribution in [-0.2, 0) is 0 Å². The zero-order valence-corrected chi connectivity index (χ0v) is 8.09. The van der Waals surface area contributed by atoms with Gasteiger partial charge >= 0.3 is 0 Å². The molecule has 0 unspecified atom stereocenters. The molecule has 1 aliphatic rings. The SMILES string of the molecule is C[C@@H]1[C@H](CO)CC(C)(C)[C@@H]1C. The van der Waals surface area contributed by atoms with Crippen LogP contribution in [0.1, 0.15) is 34.1 Å². The molecule has 1 aliphatic carbocycles. The Hall–Kier alpha value is -0.0400. The fourth-order valence-corrected chi connectivity index (χ4v) is 2.40. The number of aliphatic hydroxyl groups is 1. The molecule has 0 saturated heterocycles. The lowest BCUT2D eigenvalue weighted by molar-refractivity contribution is 0.191. The number of hydrogen-bond donors (Lipinski definition) is 1. The van der Waals surface area contributed by atoms with Gasteiger partial charge in [-0.1, -0.05) is 27.7 Å². The molecule has 0 aromatic carbocycles. The van der Waals surface area contributed by atoms with Crippen LogP contribution in [0.2, 0.25) is 0 Å². The van der Waals surface area contributed by atoms with Crippen molar-refractivity contribution in [2.75, 3.05) is 6.61 Å². The molecule has 1 fully saturated rings. The highest BCUT2D eigenvalue weighted by atomic mass is 16.3. The molecule has 1 N–H and O–H groups in total. The summed E-state index contributed by atoms with van der Waals surface area (Å²) in [4.78, 5) is 0. The van der Waals surface area contributed by atoms with E-state index in [1.54, 1.807) is 0 Å². The van der Waals surface area contributed by atoms with E-state index in [0.29, 0.717) is 23.9 Å². The van der Waals surface area contributed by atoms with Gasteiger partial charge in [0.05, 0.1) is 0 Å². The van der Waals surface area contributed by atoms with Gasteiger partial charge < -0.3 is 5.11 Å². The summed E-state index contributed by atoms with van der Waals surface area (Å²) in [6.07, 6.45) is 1.19. The largest absolute Gasteiger partial charge is 0.396 e. The third kappa shape index (κ3) is 1.44. The monoisotopic (exact) mass is 156 g/mol. The molecular weight excluding hydrogens is 136 g/mol. The number of hydrogen-bond acceptors (Lipinski definition) is 1. The summed E-state index contributed by atoms with van der Waals surface area (Å²) in [5.74, 6) is 1.98. The fourth-order valence-electron chi connectivity index (χ4n) is 2.40. The van der Waals surface area contributed by atoms with Crippen molar-refractivity contribution in [2.24, 2.45) is 23.2 Å². The molecule has 0 aromatic heterocycles. The van der Waals surface area contributed by atoms with Crippen LogP contribution in [0.5, 0.6) is 0 Å². The standard InChI is InChI=1S/C10H20O/c1-7-8(2)10(3,4)5-9(7)6-11/h7-9,11H,5-6H2,1-4H3/t7-,8+,9-/m0/s1. The molecule has 11 heavy (non-hydrogen) atoms. The molecule has 1 heteroatoms. The van der Waals surface area contributed by atoms with E-state index in [4.69, 9.17) is 5.11 Å². The average Bonchev–Trinajstić information content (AvgIpc) is 2.13. The van der Waals surface area contributed by atoms with Crippen molar-refractivity contribution in [1.82, 2.24) is 0 Å². The summed E-state index contributed by atoms with van der Waals surface area (Å²) in [5, 5.41) is 9.09. The molecule has 0 aromatic rings.